The van der Waals surface area contributed by atoms with Crippen LogP contribution in [-0.4, -0.2) is 61.7 Å². The Morgan fingerprint density at radius 2 is 2.08 bits per heavy atom. The van der Waals surface area contributed by atoms with E-state index in [0.29, 0.717) is 25.2 Å². The van der Waals surface area contributed by atoms with Gasteiger partial charge in [-0.1, -0.05) is 0 Å². The number of nitrogens with zero attached hydrogens (tertiary/aromatic N) is 2. The van der Waals surface area contributed by atoms with Gasteiger partial charge in [0.25, 0.3) is 21.8 Å². The first kappa shape index (κ1) is 18.7. The van der Waals surface area contributed by atoms with Gasteiger partial charge in [-0.2, -0.15) is 0 Å². The van der Waals surface area contributed by atoms with Crippen molar-refractivity contribution in [3.05, 3.63) is 29.3 Å². The standard InChI is InChI=1S/C15H19N3O4S.ClH/c1-3-18-15(20)12-5-4-11(8-13(12)23(18,21)22)14(19)17-7-6-16-10(2)9-17;/h4-5,8,10,16H,3,6-7,9H2,1-2H3;1H. The molecule has 0 saturated carbocycles. The number of piperazine rings is 1. The van der Waals surface area contributed by atoms with Crippen LogP contribution >= 0.6 is 12.4 Å². The molecule has 1 fully saturated rings. The molecule has 24 heavy (non-hydrogen) atoms. The van der Waals surface area contributed by atoms with Crippen LogP contribution in [0.1, 0.15) is 34.6 Å². The number of sulfonamides is 1. The number of nitrogens with one attached hydrogen (secondary N) is 1. The summed E-state index contributed by atoms with van der Waals surface area (Å²) < 4.78 is 25.6. The van der Waals surface area contributed by atoms with Crippen molar-refractivity contribution in [1.82, 2.24) is 14.5 Å². The molecule has 0 aliphatic carbocycles. The van der Waals surface area contributed by atoms with Crippen molar-refractivity contribution in [1.29, 1.82) is 0 Å². The zero-order valence-corrected chi connectivity index (χ0v) is 15.1. The second-order valence-corrected chi connectivity index (χ2v) is 7.62. The fourth-order valence-electron chi connectivity index (χ4n) is 3.02. The number of carbonyl (C=O) groups excluding carboxylic acids is 2. The zero-order chi connectivity index (χ0) is 16.8. The highest BCUT2D eigenvalue weighted by atomic mass is 35.5. The second-order valence-electron chi connectivity index (χ2n) is 5.79. The van der Waals surface area contributed by atoms with Crippen molar-refractivity contribution in [2.45, 2.75) is 24.8 Å². The van der Waals surface area contributed by atoms with E-state index in [0.717, 1.165) is 4.31 Å². The van der Waals surface area contributed by atoms with Crippen molar-refractivity contribution >= 4 is 34.2 Å². The summed E-state index contributed by atoms with van der Waals surface area (Å²) in [5, 5.41) is 3.25. The molecule has 2 heterocycles. The molecule has 1 unspecified atom stereocenters. The van der Waals surface area contributed by atoms with Crippen LogP contribution in [0.25, 0.3) is 0 Å². The Hall–Kier alpha value is -1.64. The quantitative estimate of drug-likeness (QED) is 0.824. The van der Waals surface area contributed by atoms with Gasteiger partial charge in [0.1, 0.15) is 4.90 Å². The Labute approximate surface area is 147 Å². The highest BCUT2D eigenvalue weighted by molar-refractivity contribution is 7.90. The van der Waals surface area contributed by atoms with Crippen LogP contribution in [0.15, 0.2) is 23.1 Å². The van der Waals surface area contributed by atoms with Crippen LogP contribution in [0, 0.1) is 0 Å². The molecule has 1 N–H and O–H groups in total. The average molecular weight is 374 g/mol. The van der Waals surface area contributed by atoms with Gasteiger partial charge in [-0.25, -0.2) is 12.7 Å². The number of amides is 2. The maximum atomic E-state index is 12.6. The Kier molecular flexibility index (Phi) is 5.22. The van der Waals surface area contributed by atoms with Gasteiger partial charge in [-0.05, 0) is 32.0 Å². The number of hydrogen-bond acceptors (Lipinski definition) is 5. The summed E-state index contributed by atoms with van der Waals surface area (Å²) in [4.78, 5) is 26.3. The first-order valence-electron chi connectivity index (χ1n) is 7.60. The first-order chi connectivity index (χ1) is 10.9. The Morgan fingerprint density at radius 3 is 2.71 bits per heavy atom. The maximum absolute atomic E-state index is 12.6. The van der Waals surface area contributed by atoms with Crippen LogP contribution in [0.5, 0.6) is 0 Å². The van der Waals surface area contributed by atoms with Gasteiger partial charge >= 0.3 is 0 Å². The Morgan fingerprint density at radius 1 is 1.38 bits per heavy atom. The highest BCUT2D eigenvalue weighted by Crippen LogP contribution is 2.31. The van der Waals surface area contributed by atoms with Crippen molar-refractivity contribution in [3.63, 3.8) is 0 Å². The predicted octanol–water partition coefficient (Wildman–Crippen LogP) is 0.707. The molecule has 0 bridgehead atoms. The molecule has 2 aliphatic rings. The molecule has 2 amide bonds. The Balaban J connectivity index is 0.00000208. The number of halogens is 1. The molecule has 0 spiro atoms. The van der Waals surface area contributed by atoms with E-state index in [9.17, 15) is 18.0 Å². The highest BCUT2D eigenvalue weighted by Gasteiger charge is 2.40. The molecular formula is C15H20ClN3O4S. The third kappa shape index (κ3) is 2.89. The molecule has 0 radical (unpaired) electrons. The van der Waals surface area contributed by atoms with Crippen LogP contribution in [0.2, 0.25) is 0 Å². The van der Waals surface area contributed by atoms with E-state index in [-0.39, 0.29) is 41.4 Å². The van der Waals surface area contributed by atoms with E-state index in [1.807, 2.05) is 6.92 Å². The lowest BCUT2D eigenvalue weighted by molar-refractivity contribution is 0.0708. The third-order valence-electron chi connectivity index (χ3n) is 4.20. The Bertz CT molecular complexity index is 781. The van der Waals surface area contributed by atoms with Crippen LogP contribution in [0.4, 0.5) is 0 Å². The van der Waals surface area contributed by atoms with Crippen LogP contribution in [-0.2, 0) is 10.0 Å². The minimum atomic E-state index is -3.84. The summed E-state index contributed by atoms with van der Waals surface area (Å²) in [5.74, 6) is -0.740. The summed E-state index contributed by atoms with van der Waals surface area (Å²) in [6, 6.07) is 4.49. The van der Waals surface area contributed by atoms with Gasteiger partial charge in [0.15, 0.2) is 0 Å². The second kappa shape index (κ2) is 6.70. The molecule has 1 aromatic rings. The van der Waals surface area contributed by atoms with E-state index in [4.69, 9.17) is 0 Å². The number of rotatable bonds is 2. The number of hydrogen-bond donors (Lipinski definition) is 1. The van der Waals surface area contributed by atoms with Gasteiger partial charge in [0.2, 0.25) is 0 Å². The largest absolute Gasteiger partial charge is 0.336 e. The average Bonchev–Trinajstić information content (AvgIpc) is 2.72. The molecule has 2 aliphatic heterocycles. The summed E-state index contributed by atoms with van der Waals surface area (Å²) in [6.45, 7) is 5.53. The molecule has 1 aromatic carbocycles. The lowest BCUT2D eigenvalue weighted by Gasteiger charge is -2.32. The van der Waals surface area contributed by atoms with Gasteiger partial charge in [-0.15, -0.1) is 12.4 Å². The number of benzene rings is 1. The normalized spacial score (nSPS) is 22.1. The summed E-state index contributed by atoms with van der Waals surface area (Å²) in [7, 11) is -3.84. The summed E-state index contributed by atoms with van der Waals surface area (Å²) in [5.41, 5.74) is 0.434. The van der Waals surface area contributed by atoms with Crippen LogP contribution < -0.4 is 5.32 Å². The smallest absolute Gasteiger partial charge is 0.268 e. The fraction of sp³-hybridized carbons (Fsp3) is 0.467. The van der Waals surface area contributed by atoms with E-state index in [2.05, 4.69) is 5.32 Å². The number of fused-ring (bicyclic) bond motifs is 1. The summed E-state index contributed by atoms with van der Waals surface area (Å²) in [6.07, 6.45) is 0. The lowest BCUT2D eigenvalue weighted by Crippen LogP contribution is -2.51. The molecule has 1 saturated heterocycles. The monoisotopic (exact) mass is 373 g/mol. The van der Waals surface area contributed by atoms with Gasteiger partial charge in [0, 0.05) is 37.8 Å². The van der Waals surface area contributed by atoms with Crippen molar-refractivity contribution < 1.29 is 18.0 Å². The van der Waals surface area contributed by atoms with Crippen molar-refractivity contribution in [3.8, 4) is 0 Å². The van der Waals surface area contributed by atoms with Gasteiger partial charge < -0.3 is 10.2 Å². The SMILES string of the molecule is CCN1C(=O)c2ccc(C(=O)N3CCNC(C)C3)cc2S1(=O)=O.Cl. The number of carbonyl (C=O) groups is 2. The van der Waals surface area contributed by atoms with Gasteiger partial charge in [-0.3, -0.25) is 9.59 Å². The molecule has 9 heteroatoms. The molecule has 7 nitrogen and oxygen atoms in total. The summed E-state index contributed by atoms with van der Waals surface area (Å²) >= 11 is 0. The third-order valence-corrected chi connectivity index (χ3v) is 6.09. The molecule has 3 rings (SSSR count). The maximum Gasteiger partial charge on any atom is 0.268 e. The first-order valence-corrected chi connectivity index (χ1v) is 9.04. The topological polar surface area (TPSA) is 86.8 Å². The predicted molar refractivity (Wildman–Crippen MR) is 91.0 cm³/mol. The fourth-order valence-corrected chi connectivity index (χ4v) is 4.62. The van der Waals surface area contributed by atoms with Gasteiger partial charge in [0.05, 0.1) is 5.56 Å². The minimum absolute atomic E-state index is 0. The van der Waals surface area contributed by atoms with E-state index in [1.165, 1.54) is 18.2 Å². The van der Waals surface area contributed by atoms with Crippen molar-refractivity contribution in [2.24, 2.45) is 0 Å². The molecule has 132 valence electrons. The van der Waals surface area contributed by atoms with Crippen molar-refractivity contribution in [2.75, 3.05) is 26.2 Å². The molecule has 0 aromatic heterocycles. The van der Waals surface area contributed by atoms with Crippen LogP contribution in [0.3, 0.4) is 0 Å². The molecular weight excluding hydrogens is 354 g/mol. The van der Waals surface area contributed by atoms with E-state index >= 15 is 0 Å². The minimum Gasteiger partial charge on any atom is -0.336 e. The lowest BCUT2D eigenvalue weighted by atomic mass is 10.1. The zero-order valence-electron chi connectivity index (χ0n) is 13.5. The molecule has 1 atom stereocenters. The van der Waals surface area contributed by atoms with E-state index in [1.54, 1.807) is 11.8 Å². The van der Waals surface area contributed by atoms with E-state index < -0.39 is 15.9 Å².